The van der Waals surface area contributed by atoms with Gasteiger partial charge in [-0.15, -0.1) is 0 Å². The first-order valence-corrected chi connectivity index (χ1v) is 2.46. The SMILES string of the molecule is CC(=S)C=CCO. The topological polar surface area (TPSA) is 20.2 Å². The molecule has 0 heterocycles. The minimum atomic E-state index is 0.0774. The molecule has 0 radical (unpaired) electrons. The molecule has 0 amide bonds. The Balaban J connectivity index is 3.26. The van der Waals surface area contributed by atoms with Crippen molar-refractivity contribution in [2.75, 3.05) is 6.61 Å². The highest BCUT2D eigenvalue weighted by Crippen LogP contribution is 1.75. The van der Waals surface area contributed by atoms with Crippen LogP contribution in [0.1, 0.15) is 6.92 Å². The van der Waals surface area contributed by atoms with Gasteiger partial charge in [-0.05, 0) is 6.92 Å². The number of rotatable bonds is 2. The summed E-state index contributed by atoms with van der Waals surface area (Å²) in [6.07, 6.45) is 3.32. The van der Waals surface area contributed by atoms with Gasteiger partial charge in [0, 0.05) is 4.86 Å². The first-order chi connectivity index (χ1) is 3.27. The van der Waals surface area contributed by atoms with Gasteiger partial charge >= 0.3 is 0 Å². The molecule has 0 aliphatic carbocycles. The van der Waals surface area contributed by atoms with Gasteiger partial charge in [0.25, 0.3) is 0 Å². The standard InChI is InChI=1S/C5H8OS/c1-5(7)3-2-4-6/h2-3,6H,4H2,1H3. The van der Waals surface area contributed by atoms with Crippen LogP contribution in [0.4, 0.5) is 0 Å². The van der Waals surface area contributed by atoms with Crippen molar-refractivity contribution >= 4 is 17.1 Å². The second kappa shape index (κ2) is 3.96. The van der Waals surface area contributed by atoms with Crippen molar-refractivity contribution in [1.82, 2.24) is 0 Å². The van der Waals surface area contributed by atoms with Gasteiger partial charge in [-0.1, -0.05) is 24.4 Å². The Kier molecular flexibility index (Phi) is 3.84. The van der Waals surface area contributed by atoms with Crippen molar-refractivity contribution in [3.05, 3.63) is 12.2 Å². The quantitative estimate of drug-likeness (QED) is 0.427. The molecule has 0 unspecified atom stereocenters. The van der Waals surface area contributed by atoms with E-state index in [4.69, 9.17) is 5.11 Å². The van der Waals surface area contributed by atoms with Crippen molar-refractivity contribution < 1.29 is 5.11 Å². The second-order valence-electron chi connectivity index (χ2n) is 1.20. The zero-order valence-electron chi connectivity index (χ0n) is 4.22. The van der Waals surface area contributed by atoms with Gasteiger partial charge in [0.15, 0.2) is 0 Å². The molecular formula is C5H8OS. The van der Waals surface area contributed by atoms with Crippen molar-refractivity contribution in [2.45, 2.75) is 6.92 Å². The van der Waals surface area contributed by atoms with Crippen molar-refractivity contribution in [3.8, 4) is 0 Å². The Bertz CT molecular complexity index is 86.1. The molecule has 0 spiro atoms. The van der Waals surface area contributed by atoms with Gasteiger partial charge in [-0.3, -0.25) is 0 Å². The zero-order valence-corrected chi connectivity index (χ0v) is 5.03. The lowest BCUT2D eigenvalue weighted by atomic mass is 10.4. The summed E-state index contributed by atoms with van der Waals surface area (Å²) >= 11 is 4.66. The predicted molar refractivity (Wildman–Crippen MR) is 34.5 cm³/mol. The summed E-state index contributed by atoms with van der Waals surface area (Å²) in [4.78, 5) is 0.800. The highest BCUT2D eigenvalue weighted by atomic mass is 32.1. The highest BCUT2D eigenvalue weighted by molar-refractivity contribution is 7.80. The molecule has 0 aliphatic rings. The fourth-order valence-corrected chi connectivity index (χ4v) is 0.315. The van der Waals surface area contributed by atoms with Crippen LogP contribution in [0.2, 0.25) is 0 Å². The molecule has 0 aliphatic heterocycles. The first-order valence-electron chi connectivity index (χ1n) is 2.05. The van der Waals surface area contributed by atoms with Crippen LogP contribution in [0.3, 0.4) is 0 Å². The molecule has 1 N–H and O–H groups in total. The van der Waals surface area contributed by atoms with E-state index >= 15 is 0 Å². The molecule has 0 atom stereocenters. The Morgan fingerprint density at radius 1 is 1.86 bits per heavy atom. The van der Waals surface area contributed by atoms with Crippen molar-refractivity contribution in [1.29, 1.82) is 0 Å². The van der Waals surface area contributed by atoms with E-state index in [0.717, 1.165) is 4.86 Å². The summed E-state index contributed by atoms with van der Waals surface area (Å²) in [7, 11) is 0. The smallest absolute Gasteiger partial charge is 0.0615 e. The second-order valence-corrected chi connectivity index (χ2v) is 1.84. The fraction of sp³-hybridized carbons (Fsp3) is 0.400. The summed E-state index contributed by atoms with van der Waals surface area (Å²) in [6, 6.07) is 0. The number of aliphatic hydroxyl groups is 1. The van der Waals surface area contributed by atoms with Gasteiger partial charge < -0.3 is 5.11 Å². The van der Waals surface area contributed by atoms with E-state index < -0.39 is 0 Å². The molecule has 0 saturated carbocycles. The number of thiocarbonyl (C=S) groups is 1. The Labute approximate surface area is 48.7 Å². The minimum absolute atomic E-state index is 0.0774. The third-order valence-corrected chi connectivity index (χ3v) is 0.594. The van der Waals surface area contributed by atoms with Crippen LogP contribution < -0.4 is 0 Å². The van der Waals surface area contributed by atoms with Crippen LogP contribution in [0, 0.1) is 0 Å². The van der Waals surface area contributed by atoms with E-state index in [1.807, 2.05) is 6.92 Å². The van der Waals surface area contributed by atoms with Crippen LogP contribution in [0.5, 0.6) is 0 Å². The number of hydrogen-bond acceptors (Lipinski definition) is 2. The molecule has 0 bridgehead atoms. The van der Waals surface area contributed by atoms with Gasteiger partial charge in [0.1, 0.15) is 0 Å². The normalized spacial score (nSPS) is 10.0. The molecular weight excluding hydrogens is 108 g/mol. The van der Waals surface area contributed by atoms with E-state index in [-0.39, 0.29) is 6.61 Å². The molecule has 40 valence electrons. The Morgan fingerprint density at radius 3 is 2.57 bits per heavy atom. The molecule has 0 fully saturated rings. The monoisotopic (exact) mass is 116 g/mol. The van der Waals surface area contributed by atoms with Crippen LogP contribution in [-0.4, -0.2) is 16.6 Å². The Morgan fingerprint density at radius 2 is 2.43 bits per heavy atom. The van der Waals surface area contributed by atoms with E-state index in [9.17, 15) is 0 Å². The molecule has 7 heavy (non-hydrogen) atoms. The maximum atomic E-state index is 8.17. The van der Waals surface area contributed by atoms with Crippen molar-refractivity contribution in [3.63, 3.8) is 0 Å². The summed E-state index contributed by atoms with van der Waals surface area (Å²) in [5.74, 6) is 0. The van der Waals surface area contributed by atoms with Gasteiger partial charge in [-0.2, -0.15) is 0 Å². The first kappa shape index (κ1) is 6.79. The van der Waals surface area contributed by atoms with Gasteiger partial charge in [0.05, 0.1) is 6.61 Å². The average Bonchev–Trinajstić information content (AvgIpc) is 1.61. The predicted octanol–water partition coefficient (Wildman–Crippen LogP) is 0.925. The van der Waals surface area contributed by atoms with Gasteiger partial charge in [-0.25, -0.2) is 0 Å². The lowest BCUT2D eigenvalue weighted by molar-refractivity contribution is 0.343. The Hall–Kier alpha value is -0.210. The maximum Gasteiger partial charge on any atom is 0.0615 e. The van der Waals surface area contributed by atoms with E-state index in [0.29, 0.717) is 0 Å². The van der Waals surface area contributed by atoms with E-state index in [1.165, 1.54) is 0 Å². The molecule has 2 heteroatoms. The lowest BCUT2D eigenvalue weighted by Gasteiger charge is -1.77. The van der Waals surface area contributed by atoms with Crippen LogP contribution >= 0.6 is 12.2 Å². The van der Waals surface area contributed by atoms with Crippen molar-refractivity contribution in [2.24, 2.45) is 0 Å². The summed E-state index contributed by atoms with van der Waals surface area (Å²) in [5.41, 5.74) is 0. The highest BCUT2D eigenvalue weighted by Gasteiger charge is 1.71. The molecule has 0 rings (SSSR count). The largest absolute Gasteiger partial charge is 0.392 e. The fourth-order valence-electron chi connectivity index (χ4n) is 0.219. The molecule has 0 aromatic rings. The molecule has 0 aromatic carbocycles. The number of allylic oxidation sites excluding steroid dienone is 1. The van der Waals surface area contributed by atoms with Gasteiger partial charge in [0.2, 0.25) is 0 Å². The molecule has 0 aromatic heterocycles. The maximum absolute atomic E-state index is 8.17. The van der Waals surface area contributed by atoms with E-state index in [2.05, 4.69) is 12.2 Å². The minimum Gasteiger partial charge on any atom is -0.392 e. The summed E-state index contributed by atoms with van der Waals surface area (Å²) in [5, 5.41) is 8.17. The molecule has 1 nitrogen and oxygen atoms in total. The molecule has 0 saturated heterocycles. The zero-order chi connectivity index (χ0) is 5.70. The third-order valence-electron chi connectivity index (χ3n) is 0.458. The summed E-state index contributed by atoms with van der Waals surface area (Å²) in [6.45, 7) is 1.88. The number of hydrogen-bond donors (Lipinski definition) is 1. The van der Waals surface area contributed by atoms with Crippen LogP contribution in [0.25, 0.3) is 0 Å². The average molecular weight is 116 g/mol. The lowest BCUT2D eigenvalue weighted by Crippen LogP contribution is -1.77. The summed E-state index contributed by atoms with van der Waals surface area (Å²) < 4.78 is 0. The van der Waals surface area contributed by atoms with Crippen LogP contribution in [0.15, 0.2) is 12.2 Å². The third kappa shape index (κ3) is 5.79. The van der Waals surface area contributed by atoms with Crippen LogP contribution in [-0.2, 0) is 0 Å². The number of aliphatic hydroxyl groups excluding tert-OH is 1. The van der Waals surface area contributed by atoms with E-state index in [1.54, 1.807) is 12.2 Å².